The van der Waals surface area contributed by atoms with Gasteiger partial charge >= 0.3 is 0 Å². The van der Waals surface area contributed by atoms with E-state index in [9.17, 15) is 4.79 Å². The van der Waals surface area contributed by atoms with Gasteiger partial charge in [0.15, 0.2) is 0 Å². The van der Waals surface area contributed by atoms with Crippen molar-refractivity contribution in [3.8, 4) is 0 Å². The molecular formula is C19H21NO3. The highest BCUT2D eigenvalue weighted by Gasteiger charge is 2.13. The molecule has 2 aromatic heterocycles. The topological polar surface area (TPSA) is 55.4 Å². The van der Waals surface area contributed by atoms with E-state index >= 15 is 0 Å². The lowest BCUT2D eigenvalue weighted by molar-refractivity contribution is -0.120. The highest BCUT2D eigenvalue weighted by molar-refractivity contribution is 5.89. The Hall–Kier alpha value is -2.49. The number of carbonyl (C=O) groups excluding carboxylic acids is 1. The molecule has 0 radical (unpaired) electrons. The number of rotatable bonds is 4. The lowest BCUT2D eigenvalue weighted by Gasteiger charge is -2.04. The van der Waals surface area contributed by atoms with Crippen LogP contribution >= 0.6 is 0 Å². The molecule has 1 amide bonds. The van der Waals surface area contributed by atoms with Crippen molar-refractivity contribution in [3.63, 3.8) is 0 Å². The van der Waals surface area contributed by atoms with Crippen LogP contribution in [0.2, 0.25) is 0 Å². The predicted octanol–water partition coefficient (Wildman–Crippen LogP) is 4.12. The Kier molecular flexibility index (Phi) is 3.99. The summed E-state index contributed by atoms with van der Waals surface area (Å²) in [6.07, 6.45) is 2.00. The lowest BCUT2D eigenvalue weighted by atomic mass is 10.0. The first kappa shape index (κ1) is 15.4. The molecule has 0 saturated heterocycles. The molecule has 0 bridgehead atoms. The van der Waals surface area contributed by atoms with Crippen LogP contribution in [-0.2, 0) is 17.8 Å². The first-order valence-electron chi connectivity index (χ1n) is 7.74. The Labute approximate surface area is 135 Å². The van der Waals surface area contributed by atoms with Crippen molar-refractivity contribution in [2.24, 2.45) is 0 Å². The third-order valence-corrected chi connectivity index (χ3v) is 4.31. The zero-order valence-corrected chi connectivity index (χ0v) is 13.9. The van der Waals surface area contributed by atoms with Crippen LogP contribution in [0.1, 0.15) is 33.8 Å². The molecule has 0 atom stereocenters. The third-order valence-electron chi connectivity index (χ3n) is 4.31. The van der Waals surface area contributed by atoms with Crippen LogP contribution < -0.4 is 5.32 Å². The number of fused-ring (bicyclic) bond motifs is 1. The van der Waals surface area contributed by atoms with E-state index in [1.807, 2.05) is 32.9 Å². The molecule has 0 spiro atoms. The zero-order valence-electron chi connectivity index (χ0n) is 13.9. The van der Waals surface area contributed by atoms with Gasteiger partial charge in [0.25, 0.3) is 0 Å². The second kappa shape index (κ2) is 5.95. The maximum absolute atomic E-state index is 12.2. The molecule has 0 aliphatic heterocycles. The van der Waals surface area contributed by atoms with E-state index in [4.69, 9.17) is 8.83 Å². The second-order valence-electron chi connectivity index (χ2n) is 6.04. The van der Waals surface area contributed by atoms with Crippen LogP contribution in [0.3, 0.4) is 0 Å². The summed E-state index contributed by atoms with van der Waals surface area (Å²) in [5.74, 6) is 1.69. The number of benzene rings is 1. The van der Waals surface area contributed by atoms with Gasteiger partial charge in [-0.25, -0.2) is 0 Å². The SMILES string of the molecule is Cc1cc(CNC(=O)Cc2coc3c(C)c(C)ccc23)c(C)o1. The molecule has 4 nitrogen and oxygen atoms in total. The highest BCUT2D eigenvalue weighted by Crippen LogP contribution is 2.26. The van der Waals surface area contributed by atoms with Gasteiger partial charge in [0.1, 0.15) is 17.1 Å². The maximum atomic E-state index is 12.2. The fourth-order valence-electron chi connectivity index (χ4n) is 2.81. The average molecular weight is 311 g/mol. The summed E-state index contributed by atoms with van der Waals surface area (Å²) < 4.78 is 11.1. The average Bonchev–Trinajstić information content (AvgIpc) is 3.04. The monoisotopic (exact) mass is 311 g/mol. The van der Waals surface area contributed by atoms with Crippen molar-refractivity contribution in [1.29, 1.82) is 0 Å². The van der Waals surface area contributed by atoms with Gasteiger partial charge in [-0.2, -0.15) is 0 Å². The van der Waals surface area contributed by atoms with Crippen LogP contribution in [-0.4, -0.2) is 5.91 Å². The minimum atomic E-state index is -0.0239. The Bertz CT molecular complexity index is 870. The molecule has 0 aliphatic carbocycles. The summed E-state index contributed by atoms with van der Waals surface area (Å²) in [7, 11) is 0. The Balaban J connectivity index is 1.71. The molecular weight excluding hydrogens is 290 g/mol. The number of furan rings is 2. The molecule has 0 saturated carbocycles. The van der Waals surface area contributed by atoms with Crippen LogP contribution in [0.15, 0.2) is 33.3 Å². The van der Waals surface area contributed by atoms with E-state index in [0.29, 0.717) is 13.0 Å². The zero-order chi connectivity index (χ0) is 16.6. The van der Waals surface area contributed by atoms with Crippen molar-refractivity contribution in [3.05, 3.63) is 58.2 Å². The molecule has 2 heterocycles. The first-order chi connectivity index (χ1) is 11.0. The standard InChI is InChI=1S/C19H21NO3/c1-11-5-6-17-16(10-22-19(17)13(11)3)8-18(21)20-9-15-7-12(2)23-14(15)4/h5-7,10H,8-9H2,1-4H3,(H,20,21). The first-order valence-corrected chi connectivity index (χ1v) is 7.74. The van der Waals surface area contributed by atoms with Gasteiger partial charge in [-0.3, -0.25) is 4.79 Å². The van der Waals surface area contributed by atoms with Gasteiger partial charge < -0.3 is 14.2 Å². The maximum Gasteiger partial charge on any atom is 0.224 e. The van der Waals surface area contributed by atoms with Crippen LogP contribution in [0.25, 0.3) is 11.0 Å². The summed E-state index contributed by atoms with van der Waals surface area (Å²) in [4.78, 5) is 12.2. The third kappa shape index (κ3) is 3.02. The molecule has 0 aliphatic rings. The number of hydrogen-bond acceptors (Lipinski definition) is 3. The summed E-state index contributed by atoms with van der Waals surface area (Å²) in [5.41, 5.74) is 5.11. The van der Waals surface area contributed by atoms with Crippen LogP contribution in [0.4, 0.5) is 0 Å². The van der Waals surface area contributed by atoms with Crippen LogP contribution in [0, 0.1) is 27.7 Å². The Morgan fingerprint density at radius 1 is 1.13 bits per heavy atom. The van der Waals surface area contributed by atoms with Gasteiger partial charge in [0, 0.05) is 23.1 Å². The molecule has 3 aromatic rings. The number of amides is 1. The van der Waals surface area contributed by atoms with Gasteiger partial charge in [0.2, 0.25) is 5.91 Å². The molecule has 0 unspecified atom stereocenters. The summed E-state index contributed by atoms with van der Waals surface area (Å²) in [6.45, 7) is 8.38. The van der Waals surface area contributed by atoms with Crippen molar-refractivity contribution < 1.29 is 13.6 Å². The van der Waals surface area contributed by atoms with Crippen molar-refractivity contribution in [2.75, 3.05) is 0 Å². The smallest absolute Gasteiger partial charge is 0.224 e. The number of hydrogen-bond donors (Lipinski definition) is 1. The molecule has 1 N–H and O–H groups in total. The summed E-state index contributed by atoms with van der Waals surface area (Å²) >= 11 is 0. The minimum Gasteiger partial charge on any atom is -0.466 e. The normalized spacial score (nSPS) is 11.1. The summed E-state index contributed by atoms with van der Waals surface area (Å²) in [6, 6.07) is 6.04. The Morgan fingerprint density at radius 3 is 2.61 bits per heavy atom. The van der Waals surface area contributed by atoms with E-state index < -0.39 is 0 Å². The van der Waals surface area contributed by atoms with E-state index in [1.54, 1.807) is 6.26 Å². The second-order valence-corrected chi connectivity index (χ2v) is 6.04. The van der Waals surface area contributed by atoms with Crippen molar-refractivity contribution >= 4 is 16.9 Å². The molecule has 3 rings (SSSR count). The molecule has 120 valence electrons. The minimum absolute atomic E-state index is 0.0239. The molecule has 4 heteroatoms. The predicted molar refractivity (Wildman–Crippen MR) is 89.4 cm³/mol. The van der Waals surface area contributed by atoms with E-state index in [0.717, 1.165) is 39.2 Å². The number of nitrogens with one attached hydrogen (secondary N) is 1. The van der Waals surface area contributed by atoms with E-state index in [-0.39, 0.29) is 5.91 Å². The van der Waals surface area contributed by atoms with Crippen molar-refractivity contribution in [2.45, 2.75) is 40.7 Å². The quantitative estimate of drug-likeness (QED) is 0.788. The Morgan fingerprint density at radius 2 is 1.91 bits per heavy atom. The number of carbonyl (C=O) groups is 1. The van der Waals surface area contributed by atoms with Crippen molar-refractivity contribution in [1.82, 2.24) is 5.32 Å². The highest BCUT2D eigenvalue weighted by atomic mass is 16.3. The van der Waals surface area contributed by atoms with Crippen LogP contribution in [0.5, 0.6) is 0 Å². The molecule has 0 fully saturated rings. The van der Waals surface area contributed by atoms with Gasteiger partial charge in [-0.05, 0) is 44.9 Å². The van der Waals surface area contributed by atoms with Gasteiger partial charge in [-0.1, -0.05) is 12.1 Å². The van der Waals surface area contributed by atoms with E-state index in [2.05, 4.69) is 18.3 Å². The fourth-order valence-corrected chi connectivity index (χ4v) is 2.81. The molecule has 23 heavy (non-hydrogen) atoms. The van der Waals surface area contributed by atoms with Gasteiger partial charge in [-0.15, -0.1) is 0 Å². The van der Waals surface area contributed by atoms with E-state index in [1.165, 1.54) is 5.56 Å². The molecule has 1 aromatic carbocycles. The van der Waals surface area contributed by atoms with Gasteiger partial charge in [0.05, 0.1) is 12.7 Å². The number of aryl methyl sites for hydroxylation is 4. The fraction of sp³-hybridized carbons (Fsp3) is 0.316. The lowest BCUT2D eigenvalue weighted by Crippen LogP contribution is -2.24. The summed E-state index contributed by atoms with van der Waals surface area (Å²) in [5, 5.41) is 3.95. The largest absolute Gasteiger partial charge is 0.466 e.